The zero-order valence-electron chi connectivity index (χ0n) is 17.2. The Morgan fingerprint density at radius 2 is 2.00 bits per heavy atom. The van der Waals surface area contributed by atoms with Gasteiger partial charge >= 0.3 is 0 Å². The predicted molar refractivity (Wildman–Crippen MR) is 113 cm³/mol. The first kappa shape index (κ1) is 19.9. The lowest BCUT2D eigenvalue weighted by atomic mass is 10.1. The first-order chi connectivity index (χ1) is 13.6. The molecule has 0 aliphatic carbocycles. The molecule has 1 aromatic carbocycles. The van der Waals surface area contributed by atoms with E-state index in [4.69, 9.17) is 9.52 Å². The molecule has 0 bridgehead atoms. The van der Waals surface area contributed by atoms with Gasteiger partial charge in [0.05, 0.1) is 16.7 Å². The fraction of sp³-hybridized carbons (Fsp3) is 0.476. The second kappa shape index (κ2) is 9.39. The van der Waals surface area contributed by atoms with Crippen molar-refractivity contribution in [1.29, 1.82) is 0 Å². The van der Waals surface area contributed by atoms with E-state index in [1.54, 1.807) is 0 Å². The molecule has 150 valence electrons. The number of fused-ring (bicyclic) bond motifs is 1. The third-order valence-electron chi connectivity index (χ3n) is 4.85. The van der Waals surface area contributed by atoms with Crippen LogP contribution < -0.4 is 10.6 Å². The minimum Gasteiger partial charge on any atom is -0.361 e. The molecule has 2 heterocycles. The van der Waals surface area contributed by atoms with Gasteiger partial charge in [-0.25, -0.2) is 4.98 Å². The maximum absolute atomic E-state index is 5.22. The maximum Gasteiger partial charge on any atom is 0.191 e. The van der Waals surface area contributed by atoms with Crippen molar-refractivity contribution in [3.63, 3.8) is 0 Å². The molecule has 0 unspecified atom stereocenters. The van der Waals surface area contributed by atoms with Gasteiger partial charge < -0.3 is 19.7 Å². The van der Waals surface area contributed by atoms with E-state index < -0.39 is 0 Å². The monoisotopic (exact) mass is 382 g/mol. The molecule has 28 heavy (non-hydrogen) atoms. The predicted octanol–water partition coefficient (Wildman–Crippen LogP) is 3.14. The summed E-state index contributed by atoms with van der Waals surface area (Å²) in [7, 11) is 0. The van der Waals surface area contributed by atoms with Crippen LogP contribution in [0.4, 0.5) is 0 Å². The first-order valence-corrected chi connectivity index (χ1v) is 9.96. The van der Waals surface area contributed by atoms with Gasteiger partial charge in [-0.1, -0.05) is 17.3 Å². The van der Waals surface area contributed by atoms with Gasteiger partial charge in [-0.3, -0.25) is 4.99 Å². The van der Waals surface area contributed by atoms with E-state index in [-0.39, 0.29) is 0 Å². The van der Waals surface area contributed by atoms with Crippen molar-refractivity contribution < 1.29 is 4.52 Å². The number of nitrogens with zero attached hydrogens (tertiary/aromatic N) is 4. The van der Waals surface area contributed by atoms with E-state index in [2.05, 4.69) is 57.4 Å². The van der Waals surface area contributed by atoms with Crippen LogP contribution in [-0.2, 0) is 13.0 Å². The summed E-state index contributed by atoms with van der Waals surface area (Å²) >= 11 is 0. The van der Waals surface area contributed by atoms with Crippen LogP contribution in [-0.4, -0.2) is 40.3 Å². The van der Waals surface area contributed by atoms with Crippen molar-refractivity contribution >= 4 is 17.0 Å². The minimum atomic E-state index is 0.757. The third kappa shape index (κ3) is 4.71. The van der Waals surface area contributed by atoms with Gasteiger partial charge in [-0.15, -0.1) is 0 Å². The van der Waals surface area contributed by atoms with Crippen molar-refractivity contribution in [3.05, 3.63) is 47.1 Å². The van der Waals surface area contributed by atoms with Crippen molar-refractivity contribution in [3.8, 4) is 0 Å². The molecule has 0 atom stereocenters. The third-order valence-corrected chi connectivity index (χ3v) is 4.85. The van der Waals surface area contributed by atoms with Crippen LogP contribution in [0.3, 0.4) is 0 Å². The van der Waals surface area contributed by atoms with Crippen molar-refractivity contribution in [2.75, 3.05) is 19.6 Å². The van der Waals surface area contributed by atoms with Crippen LogP contribution in [0.25, 0.3) is 11.0 Å². The number of aryl methyl sites for hydroxylation is 4. The van der Waals surface area contributed by atoms with Gasteiger partial charge in [0.2, 0.25) is 0 Å². The summed E-state index contributed by atoms with van der Waals surface area (Å²) in [6, 6.07) is 8.27. The van der Waals surface area contributed by atoms with Crippen LogP contribution in [0.1, 0.15) is 36.2 Å². The maximum atomic E-state index is 5.22. The van der Waals surface area contributed by atoms with Gasteiger partial charge in [0.1, 0.15) is 11.6 Å². The van der Waals surface area contributed by atoms with Crippen LogP contribution in [0.5, 0.6) is 0 Å². The Hall–Kier alpha value is -2.83. The Labute approximate surface area is 166 Å². The number of rotatable bonds is 8. The highest BCUT2D eigenvalue weighted by Gasteiger charge is 2.09. The number of hydrogen-bond donors (Lipinski definition) is 2. The lowest BCUT2D eigenvalue weighted by Crippen LogP contribution is -2.38. The number of hydrogen-bond acceptors (Lipinski definition) is 4. The Morgan fingerprint density at radius 3 is 2.75 bits per heavy atom. The zero-order valence-corrected chi connectivity index (χ0v) is 17.2. The summed E-state index contributed by atoms with van der Waals surface area (Å²) in [6.45, 7) is 11.4. The first-order valence-electron chi connectivity index (χ1n) is 9.96. The van der Waals surface area contributed by atoms with Crippen LogP contribution in [0.15, 0.2) is 33.8 Å². The molecule has 0 aliphatic heterocycles. The molecule has 7 nitrogen and oxygen atoms in total. The number of guanidine groups is 1. The van der Waals surface area contributed by atoms with Crippen LogP contribution in [0.2, 0.25) is 0 Å². The largest absolute Gasteiger partial charge is 0.361 e. The average Bonchev–Trinajstić information content (AvgIpc) is 3.18. The number of aliphatic imine (C=N–C) groups is 1. The highest BCUT2D eigenvalue weighted by molar-refractivity contribution is 5.79. The molecule has 0 radical (unpaired) electrons. The normalized spacial score (nSPS) is 11.9. The minimum absolute atomic E-state index is 0.757. The van der Waals surface area contributed by atoms with Gasteiger partial charge in [-0.05, 0) is 52.7 Å². The summed E-state index contributed by atoms with van der Waals surface area (Å²) in [5.74, 6) is 2.79. The molecular formula is C21H30N6O. The van der Waals surface area contributed by atoms with Gasteiger partial charge in [0, 0.05) is 31.7 Å². The molecule has 0 saturated carbocycles. The summed E-state index contributed by atoms with van der Waals surface area (Å²) in [4.78, 5) is 9.33. The fourth-order valence-corrected chi connectivity index (χ4v) is 3.40. The summed E-state index contributed by atoms with van der Waals surface area (Å²) in [6.07, 6.45) is 1.83. The second-order valence-corrected chi connectivity index (χ2v) is 6.89. The molecule has 0 spiro atoms. The molecule has 0 saturated heterocycles. The molecule has 0 fully saturated rings. The van der Waals surface area contributed by atoms with E-state index in [1.165, 1.54) is 11.1 Å². The van der Waals surface area contributed by atoms with Gasteiger partial charge in [0.25, 0.3) is 0 Å². The SMILES string of the molecule is CCNC(=NCCCn1c(C)nc2ccccc21)NCCc1c(C)noc1C. The number of para-hydroxylation sites is 2. The zero-order chi connectivity index (χ0) is 19.9. The number of nitrogens with one attached hydrogen (secondary N) is 2. The van der Waals surface area contributed by atoms with Gasteiger partial charge in [0.15, 0.2) is 5.96 Å². The van der Waals surface area contributed by atoms with Crippen molar-refractivity contribution in [2.45, 2.75) is 47.1 Å². The quantitative estimate of drug-likeness (QED) is 0.355. The molecule has 7 heteroatoms. The molecule has 0 aliphatic rings. The molecule has 2 aromatic heterocycles. The number of benzene rings is 1. The van der Waals surface area contributed by atoms with Crippen molar-refractivity contribution in [2.24, 2.45) is 4.99 Å². The highest BCUT2D eigenvalue weighted by Crippen LogP contribution is 2.15. The average molecular weight is 383 g/mol. The van der Waals surface area contributed by atoms with Crippen LogP contribution >= 0.6 is 0 Å². The van der Waals surface area contributed by atoms with E-state index >= 15 is 0 Å². The van der Waals surface area contributed by atoms with Gasteiger partial charge in [-0.2, -0.15) is 0 Å². The van der Waals surface area contributed by atoms with E-state index in [1.807, 2.05) is 19.9 Å². The molecule has 3 aromatic rings. The fourth-order valence-electron chi connectivity index (χ4n) is 3.40. The Balaban J connectivity index is 1.52. The second-order valence-electron chi connectivity index (χ2n) is 6.89. The number of aromatic nitrogens is 3. The molecule has 0 amide bonds. The van der Waals surface area contributed by atoms with E-state index in [0.29, 0.717) is 0 Å². The van der Waals surface area contributed by atoms with E-state index in [9.17, 15) is 0 Å². The smallest absolute Gasteiger partial charge is 0.191 e. The summed E-state index contributed by atoms with van der Waals surface area (Å²) in [5, 5.41) is 10.7. The summed E-state index contributed by atoms with van der Waals surface area (Å²) in [5.41, 5.74) is 4.38. The van der Waals surface area contributed by atoms with Crippen LogP contribution in [0, 0.1) is 20.8 Å². The Bertz CT molecular complexity index is 920. The Kier molecular flexibility index (Phi) is 6.68. The Morgan fingerprint density at radius 1 is 1.18 bits per heavy atom. The lowest BCUT2D eigenvalue weighted by Gasteiger charge is -2.11. The lowest BCUT2D eigenvalue weighted by molar-refractivity contribution is 0.392. The number of imidazole rings is 1. The summed E-state index contributed by atoms with van der Waals surface area (Å²) < 4.78 is 7.49. The van der Waals surface area contributed by atoms with Crippen molar-refractivity contribution in [1.82, 2.24) is 25.3 Å². The topological polar surface area (TPSA) is 80.3 Å². The molecule has 3 rings (SSSR count). The molecule has 2 N–H and O–H groups in total. The molecular weight excluding hydrogens is 352 g/mol. The van der Waals surface area contributed by atoms with E-state index in [0.717, 1.165) is 67.8 Å². The standard InChI is InChI=1S/C21H30N6O/c1-5-22-21(24-13-11-18-15(2)26-28-16(18)3)23-12-8-14-27-17(4)25-19-9-6-7-10-20(19)27/h6-7,9-10H,5,8,11-14H2,1-4H3,(H2,22,23,24). The highest BCUT2D eigenvalue weighted by atomic mass is 16.5.